The van der Waals surface area contributed by atoms with Gasteiger partial charge in [0.1, 0.15) is 0 Å². The molecule has 2 atom stereocenters. The molecule has 94 valence electrons. The van der Waals surface area contributed by atoms with Crippen molar-refractivity contribution in [3.8, 4) is 0 Å². The van der Waals surface area contributed by atoms with Gasteiger partial charge in [0.2, 0.25) is 0 Å². The van der Waals surface area contributed by atoms with Crippen molar-refractivity contribution in [2.45, 2.75) is 25.2 Å². The molecule has 2 nitrogen and oxygen atoms in total. The van der Waals surface area contributed by atoms with E-state index in [0.29, 0.717) is 18.7 Å². The second-order valence-corrected chi connectivity index (χ2v) is 4.25. The summed E-state index contributed by atoms with van der Waals surface area (Å²) in [6, 6.07) is 5.55. The fraction of sp³-hybridized carbons (Fsp3) is 0.500. The predicted molar refractivity (Wildman–Crippen MR) is 57.6 cm³/mol. The smallest absolute Gasteiger partial charge is 0.371 e. The van der Waals surface area contributed by atoms with Crippen molar-refractivity contribution in [1.82, 2.24) is 5.32 Å². The molecule has 0 spiro atoms. The maximum absolute atomic E-state index is 12.5. The normalized spacial score (nSPS) is 25.9. The number of hydrogen-bond acceptors (Lipinski definition) is 2. The van der Waals surface area contributed by atoms with Crippen LogP contribution in [0.2, 0.25) is 0 Å². The average Bonchev–Trinajstić information content (AvgIpc) is 2.29. The molecule has 0 unspecified atom stereocenters. The molecule has 1 fully saturated rings. The molecule has 1 heterocycles. The SMILES string of the molecule is C[C@H]1CO[C@@H](c2cccc(C(F)(F)F)c2)CN1. The van der Waals surface area contributed by atoms with Crippen LogP contribution in [0.3, 0.4) is 0 Å². The number of halogens is 3. The van der Waals surface area contributed by atoms with Crippen LogP contribution in [-0.4, -0.2) is 19.2 Å². The van der Waals surface area contributed by atoms with Crippen molar-refractivity contribution in [3.05, 3.63) is 35.4 Å². The van der Waals surface area contributed by atoms with Gasteiger partial charge in [0.15, 0.2) is 0 Å². The van der Waals surface area contributed by atoms with E-state index in [-0.39, 0.29) is 12.1 Å². The summed E-state index contributed by atoms with van der Waals surface area (Å²) in [6.45, 7) is 3.03. The Hall–Kier alpha value is -1.07. The molecule has 5 heteroatoms. The van der Waals surface area contributed by atoms with Crippen molar-refractivity contribution in [2.75, 3.05) is 13.2 Å². The average molecular weight is 245 g/mol. The lowest BCUT2D eigenvalue weighted by atomic mass is 10.0. The number of alkyl halides is 3. The second kappa shape index (κ2) is 4.66. The van der Waals surface area contributed by atoms with Gasteiger partial charge in [-0.3, -0.25) is 0 Å². The minimum atomic E-state index is -4.30. The molecule has 0 radical (unpaired) electrons. The first kappa shape index (κ1) is 12.4. The second-order valence-electron chi connectivity index (χ2n) is 4.25. The third kappa shape index (κ3) is 2.98. The highest BCUT2D eigenvalue weighted by molar-refractivity contribution is 5.27. The summed E-state index contributed by atoms with van der Waals surface area (Å²) in [5, 5.41) is 3.18. The maximum atomic E-state index is 12.5. The number of benzene rings is 1. The van der Waals surface area contributed by atoms with Gasteiger partial charge in [-0.25, -0.2) is 0 Å². The molecule has 17 heavy (non-hydrogen) atoms. The molecule has 1 saturated heterocycles. The van der Waals surface area contributed by atoms with E-state index < -0.39 is 11.7 Å². The van der Waals surface area contributed by atoms with Gasteiger partial charge < -0.3 is 10.1 Å². The van der Waals surface area contributed by atoms with Gasteiger partial charge in [0.05, 0.1) is 18.3 Å². The Bertz CT molecular complexity index is 384. The van der Waals surface area contributed by atoms with Crippen molar-refractivity contribution in [2.24, 2.45) is 0 Å². The zero-order valence-corrected chi connectivity index (χ0v) is 9.42. The van der Waals surface area contributed by atoms with Crippen molar-refractivity contribution < 1.29 is 17.9 Å². The van der Waals surface area contributed by atoms with Crippen LogP contribution in [0.4, 0.5) is 13.2 Å². The molecule has 1 N–H and O–H groups in total. The lowest BCUT2D eigenvalue weighted by molar-refractivity contribution is -0.137. The Morgan fingerprint density at radius 1 is 1.35 bits per heavy atom. The van der Waals surface area contributed by atoms with Crippen LogP contribution in [0.1, 0.15) is 24.2 Å². The third-order valence-electron chi connectivity index (χ3n) is 2.78. The molecule has 1 aromatic rings. The quantitative estimate of drug-likeness (QED) is 0.821. The van der Waals surface area contributed by atoms with Crippen LogP contribution in [0.15, 0.2) is 24.3 Å². The summed E-state index contributed by atoms with van der Waals surface area (Å²) in [7, 11) is 0. The van der Waals surface area contributed by atoms with Gasteiger partial charge in [-0.15, -0.1) is 0 Å². The molecule has 0 aliphatic carbocycles. The molecule has 1 aromatic carbocycles. The molecule has 0 amide bonds. The number of nitrogens with one attached hydrogen (secondary N) is 1. The molecule has 1 aliphatic rings. The molecular formula is C12H14F3NO. The van der Waals surface area contributed by atoms with Crippen LogP contribution in [0.5, 0.6) is 0 Å². The molecular weight excluding hydrogens is 231 g/mol. The van der Waals surface area contributed by atoms with E-state index in [9.17, 15) is 13.2 Å². The Kier molecular flexibility index (Phi) is 3.40. The summed E-state index contributed by atoms with van der Waals surface area (Å²) in [4.78, 5) is 0. The minimum Gasteiger partial charge on any atom is -0.371 e. The Morgan fingerprint density at radius 2 is 2.12 bits per heavy atom. The van der Waals surface area contributed by atoms with Crippen LogP contribution in [0.25, 0.3) is 0 Å². The zero-order chi connectivity index (χ0) is 12.5. The van der Waals surface area contributed by atoms with Crippen molar-refractivity contribution in [3.63, 3.8) is 0 Å². The van der Waals surface area contributed by atoms with E-state index in [4.69, 9.17) is 4.74 Å². The van der Waals surface area contributed by atoms with Gasteiger partial charge in [-0.05, 0) is 24.6 Å². The monoisotopic (exact) mass is 245 g/mol. The fourth-order valence-corrected chi connectivity index (χ4v) is 1.82. The molecule has 0 aromatic heterocycles. The molecule has 0 saturated carbocycles. The lowest BCUT2D eigenvalue weighted by Gasteiger charge is -2.28. The number of rotatable bonds is 1. The van der Waals surface area contributed by atoms with E-state index in [2.05, 4.69) is 5.32 Å². The Balaban J connectivity index is 2.16. The molecule has 0 bridgehead atoms. The molecule has 2 rings (SSSR count). The minimum absolute atomic E-state index is 0.247. The van der Waals surface area contributed by atoms with Gasteiger partial charge in [0, 0.05) is 12.6 Å². The topological polar surface area (TPSA) is 21.3 Å². The van der Waals surface area contributed by atoms with Crippen LogP contribution < -0.4 is 5.32 Å². The van der Waals surface area contributed by atoms with Crippen molar-refractivity contribution >= 4 is 0 Å². The van der Waals surface area contributed by atoms with Gasteiger partial charge in [0.25, 0.3) is 0 Å². The summed E-state index contributed by atoms with van der Waals surface area (Å²) >= 11 is 0. The maximum Gasteiger partial charge on any atom is 0.416 e. The number of hydrogen-bond donors (Lipinski definition) is 1. The Morgan fingerprint density at radius 3 is 2.71 bits per heavy atom. The van der Waals surface area contributed by atoms with Crippen molar-refractivity contribution in [1.29, 1.82) is 0 Å². The van der Waals surface area contributed by atoms with E-state index in [1.165, 1.54) is 6.07 Å². The summed E-state index contributed by atoms with van der Waals surface area (Å²) in [5.74, 6) is 0. The largest absolute Gasteiger partial charge is 0.416 e. The first-order chi connectivity index (χ1) is 7.97. The van der Waals surface area contributed by atoms with Gasteiger partial charge >= 0.3 is 6.18 Å². The van der Waals surface area contributed by atoms with Crippen LogP contribution in [-0.2, 0) is 10.9 Å². The standard InChI is InChI=1S/C12H14F3NO/c1-8-7-17-11(6-16-8)9-3-2-4-10(5-9)12(13,14)15/h2-5,8,11,16H,6-7H2,1H3/t8-,11+/m0/s1. The van der Waals surface area contributed by atoms with E-state index in [1.807, 2.05) is 6.92 Å². The van der Waals surface area contributed by atoms with E-state index >= 15 is 0 Å². The lowest BCUT2D eigenvalue weighted by Crippen LogP contribution is -2.40. The highest BCUT2D eigenvalue weighted by Gasteiger charge is 2.31. The highest BCUT2D eigenvalue weighted by Crippen LogP contribution is 2.31. The summed E-state index contributed by atoms with van der Waals surface area (Å²) in [5.41, 5.74) is -0.0588. The fourth-order valence-electron chi connectivity index (χ4n) is 1.82. The number of morpholine rings is 1. The van der Waals surface area contributed by atoms with Gasteiger partial charge in [-0.1, -0.05) is 12.1 Å². The highest BCUT2D eigenvalue weighted by atomic mass is 19.4. The van der Waals surface area contributed by atoms with Crippen LogP contribution in [0, 0.1) is 0 Å². The predicted octanol–water partition coefficient (Wildman–Crippen LogP) is 2.75. The summed E-state index contributed by atoms with van der Waals surface area (Å²) in [6.07, 6.45) is -4.60. The third-order valence-corrected chi connectivity index (χ3v) is 2.78. The van der Waals surface area contributed by atoms with Crippen LogP contribution >= 0.6 is 0 Å². The first-order valence-electron chi connectivity index (χ1n) is 5.49. The van der Waals surface area contributed by atoms with E-state index in [1.54, 1.807) is 6.07 Å². The number of ether oxygens (including phenoxy) is 1. The first-order valence-corrected chi connectivity index (χ1v) is 5.49. The zero-order valence-electron chi connectivity index (χ0n) is 9.42. The van der Waals surface area contributed by atoms with Gasteiger partial charge in [-0.2, -0.15) is 13.2 Å². The van der Waals surface area contributed by atoms with E-state index in [0.717, 1.165) is 12.1 Å². The summed E-state index contributed by atoms with van der Waals surface area (Å²) < 4.78 is 43.1. The Labute approximate surface area is 97.8 Å². The molecule has 1 aliphatic heterocycles.